The lowest BCUT2D eigenvalue weighted by atomic mass is 10.0. The maximum atomic E-state index is 11.6. The lowest BCUT2D eigenvalue weighted by Crippen LogP contribution is -2.32. The minimum absolute atomic E-state index is 0.302. The number of rotatable bonds is 7. The number of benzene rings is 1. The highest BCUT2D eigenvalue weighted by molar-refractivity contribution is 5.67. The Morgan fingerprint density at radius 1 is 1.30 bits per heavy atom. The second kappa shape index (κ2) is 10.5. The standard InChI is InChI=1S/C18H26N2O3/c1-4-13-20(18(21)23-3)14-8-6-7-10-15-11-9-12-17(19-22)16(15)5-2/h9,11-12,19,22H,4-5,8,10,13-14H2,1-3H3. The van der Waals surface area contributed by atoms with Gasteiger partial charge in [0.15, 0.2) is 0 Å². The zero-order chi connectivity index (χ0) is 17.1. The fourth-order valence-corrected chi connectivity index (χ4v) is 2.45. The van der Waals surface area contributed by atoms with Gasteiger partial charge in [0.1, 0.15) is 0 Å². The third-order valence-electron chi connectivity index (χ3n) is 3.58. The van der Waals surface area contributed by atoms with E-state index in [0.29, 0.717) is 25.9 Å². The lowest BCUT2D eigenvalue weighted by molar-refractivity contribution is 0.124. The Labute approximate surface area is 138 Å². The highest BCUT2D eigenvalue weighted by Crippen LogP contribution is 2.20. The Bertz CT molecular complexity index is 561. The predicted molar refractivity (Wildman–Crippen MR) is 91.6 cm³/mol. The van der Waals surface area contributed by atoms with Crippen LogP contribution in [0.1, 0.15) is 37.8 Å². The number of nitrogens with one attached hydrogen (secondary N) is 1. The van der Waals surface area contributed by atoms with Gasteiger partial charge in [0.2, 0.25) is 0 Å². The number of amides is 1. The van der Waals surface area contributed by atoms with E-state index in [1.807, 2.05) is 32.0 Å². The molecule has 1 amide bonds. The summed E-state index contributed by atoms with van der Waals surface area (Å²) in [7, 11) is 1.39. The largest absolute Gasteiger partial charge is 0.453 e. The van der Waals surface area contributed by atoms with Crippen LogP contribution in [0.15, 0.2) is 18.2 Å². The van der Waals surface area contributed by atoms with Crippen LogP contribution in [0.3, 0.4) is 0 Å². The highest BCUT2D eigenvalue weighted by Gasteiger charge is 2.10. The number of carbonyl (C=O) groups excluding carboxylic acids is 1. The van der Waals surface area contributed by atoms with E-state index in [0.717, 1.165) is 29.7 Å². The van der Waals surface area contributed by atoms with Crippen molar-refractivity contribution in [2.24, 2.45) is 0 Å². The molecule has 0 saturated heterocycles. The molecule has 0 radical (unpaired) electrons. The molecule has 0 fully saturated rings. The van der Waals surface area contributed by atoms with Crippen molar-refractivity contribution in [1.29, 1.82) is 0 Å². The maximum absolute atomic E-state index is 11.6. The summed E-state index contributed by atoms with van der Waals surface area (Å²) in [5.74, 6) is 6.25. The molecule has 1 aromatic rings. The first-order chi connectivity index (χ1) is 11.2. The van der Waals surface area contributed by atoms with Crippen LogP contribution in [0.5, 0.6) is 0 Å². The van der Waals surface area contributed by atoms with E-state index < -0.39 is 0 Å². The van der Waals surface area contributed by atoms with Gasteiger partial charge in [0, 0.05) is 25.9 Å². The van der Waals surface area contributed by atoms with E-state index in [-0.39, 0.29) is 6.09 Å². The Kier molecular flexibility index (Phi) is 8.63. The minimum atomic E-state index is -0.302. The van der Waals surface area contributed by atoms with Gasteiger partial charge >= 0.3 is 6.09 Å². The summed E-state index contributed by atoms with van der Waals surface area (Å²) >= 11 is 0. The molecular formula is C18H26N2O3. The van der Waals surface area contributed by atoms with Gasteiger partial charge in [-0.05, 0) is 30.0 Å². The van der Waals surface area contributed by atoms with E-state index in [1.54, 1.807) is 4.90 Å². The van der Waals surface area contributed by atoms with Gasteiger partial charge in [-0.1, -0.05) is 31.9 Å². The number of methoxy groups -OCH3 is 1. The Morgan fingerprint density at radius 3 is 2.70 bits per heavy atom. The van der Waals surface area contributed by atoms with E-state index in [2.05, 4.69) is 17.3 Å². The molecule has 0 bridgehead atoms. The normalized spacial score (nSPS) is 9.74. The average Bonchev–Trinajstić information content (AvgIpc) is 2.59. The minimum Gasteiger partial charge on any atom is -0.453 e. The summed E-state index contributed by atoms with van der Waals surface area (Å²) in [5, 5.41) is 9.14. The summed E-state index contributed by atoms with van der Waals surface area (Å²) in [4.78, 5) is 13.2. The van der Waals surface area contributed by atoms with Gasteiger partial charge in [0.05, 0.1) is 12.8 Å². The Morgan fingerprint density at radius 2 is 2.09 bits per heavy atom. The first-order valence-electron chi connectivity index (χ1n) is 7.97. The molecule has 1 rings (SSSR count). The van der Waals surface area contributed by atoms with Crippen molar-refractivity contribution in [2.75, 3.05) is 25.7 Å². The van der Waals surface area contributed by atoms with Crippen LogP contribution in [-0.4, -0.2) is 36.4 Å². The molecule has 0 aliphatic carbocycles. The van der Waals surface area contributed by atoms with Crippen LogP contribution < -0.4 is 5.48 Å². The van der Waals surface area contributed by atoms with Gasteiger partial charge in [-0.3, -0.25) is 10.7 Å². The van der Waals surface area contributed by atoms with Gasteiger partial charge in [0.25, 0.3) is 0 Å². The third-order valence-corrected chi connectivity index (χ3v) is 3.58. The highest BCUT2D eigenvalue weighted by atomic mass is 16.5. The molecule has 1 aromatic carbocycles. The summed E-state index contributed by atoms with van der Waals surface area (Å²) in [6, 6.07) is 5.76. The van der Waals surface area contributed by atoms with Crippen LogP contribution in [0.25, 0.3) is 0 Å². The molecule has 0 spiro atoms. The molecule has 0 heterocycles. The molecule has 0 aromatic heterocycles. The van der Waals surface area contributed by atoms with Crippen molar-refractivity contribution in [2.45, 2.75) is 39.5 Å². The molecule has 23 heavy (non-hydrogen) atoms. The molecule has 5 heteroatoms. The number of nitrogens with zero attached hydrogens (tertiary/aromatic N) is 1. The zero-order valence-corrected chi connectivity index (χ0v) is 14.2. The molecule has 0 atom stereocenters. The van der Waals surface area contributed by atoms with Crippen molar-refractivity contribution in [3.8, 4) is 11.8 Å². The molecule has 126 valence electrons. The molecule has 0 aliphatic heterocycles. The van der Waals surface area contributed by atoms with Gasteiger partial charge in [-0.15, -0.1) is 5.92 Å². The number of ether oxygens (including phenoxy) is 1. The van der Waals surface area contributed by atoms with E-state index in [9.17, 15) is 4.79 Å². The molecule has 0 aliphatic rings. The SMILES string of the molecule is CCCN(CCC#CCc1cccc(NO)c1CC)C(=O)OC. The fraction of sp³-hybridized carbons (Fsp3) is 0.500. The van der Waals surface area contributed by atoms with Crippen molar-refractivity contribution >= 4 is 11.8 Å². The molecule has 0 unspecified atom stereocenters. The predicted octanol–water partition coefficient (Wildman–Crippen LogP) is 3.46. The Hall–Kier alpha value is -2.19. The molecule has 2 N–H and O–H groups in total. The summed E-state index contributed by atoms with van der Waals surface area (Å²) in [6.07, 6.45) is 2.67. The second-order valence-electron chi connectivity index (χ2n) is 5.15. The van der Waals surface area contributed by atoms with Crippen LogP contribution >= 0.6 is 0 Å². The topological polar surface area (TPSA) is 61.8 Å². The maximum Gasteiger partial charge on any atom is 0.409 e. The summed E-state index contributed by atoms with van der Waals surface area (Å²) in [6.45, 7) is 5.33. The first kappa shape index (κ1) is 18.9. The fourth-order valence-electron chi connectivity index (χ4n) is 2.45. The van der Waals surface area contributed by atoms with Crippen LogP contribution in [0, 0.1) is 11.8 Å². The summed E-state index contributed by atoms with van der Waals surface area (Å²) < 4.78 is 4.76. The number of hydrogen-bond donors (Lipinski definition) is 2. The van der Waals surface area contributed by atoms with Crippen molar-refractivity contribution in [3.63, 3.8) is 0 Å². The molecule has 0 saturated carbocycles. The summed E-state index contributed by atoms with van der Waals surface area (Å²) in [5.41, 5.74) is 5.14. The van der Waals surface area contributed by atoms with Crippen LogP contribution in [0.4, 0.5) is 10.5 Å². The van der Waals surface area contributed by atoms with Crippen molar-refractivity contribution in [3.05, 3.63) is 29.3 Å². The van der Waals surface area contributed by atoms with Crippen molar-refractivity contribution < 1.29 is 14.7 Å². The number of carbonyl (C=O) groups is 1. The Balaban J connectivity index is 2.60. The monoisotopic (exact) mass is 318 g/mol. The quantitative estimate of drug-likeness (QED) is 0.597. The molecular weight excluding hydrogens is 292 g/mol. The van der Waals surface area contributed by atoms with Gasteiger partial charge < -0.3 is 9.64 Å². The average molecular weight is 318 g/mol. The zero-order valence-electron chi connectivity index (χ0n) is 14.2. The van der Waals surface area contributed by atoms with Gasteiger partial charge in [-0.25, -0.2) is 4.79 Å². The van der Waals surface area contributed by atoms with Gasteiger partial charge in [-0.2, -0.15) is 0 Å². The molecule has 5 nitrogen and oxygen atoms in total. The second-order valence-corrected chi connectivity index (χ2v) is 5.15. The lowest BCUT2D eigenvalue weighted by Gasteiger charge is -2.18. The number of anilines is 1. The van der Waals surface area contributed by atoms with Crippen LogP contribution in [0.2, 0.25) is 0 Å². The third kappa shape index (κ3) is 5.84. The smallest absolute Gasteiger partial charge is 0.409 e. The van der Waals surface area contributed by atoms with Crippen LogP contribution in [-0.2, 0) is 17.6 Å². The van der Waals surface area contributed by atoms with E-state index in [4.69, 9.17) is 9.94 Å². The van der Waals surface area contributed by atoms with E-state index in [1.165, 1.54) is 7.11 Å². The van der Waals surface area contributed by atoms with Crippen molar-refractivity contribution in [1.82, 2.24) is 4.90 Å². The number of hydrogen-bond acceptors (Lipinski definition) is 4. The first-order valence-corrected chi connectivity index (χ1v) is 7.97. The van der Waals surface area contributed by atoms with E-state index >= 15 is 0 Å².